The SMILES string of the molecule is COc1ccccc1N1CCN(C(=O)Nc2cc(S(C)(=O)=O)ccc2C)CC1. The molecule has 0 saturated carbocycles. The standard InChI is InChI=1S/C20H25N3O4S/c1-15-8-9-16(28(3,25)26)14-17(15)21-20(24)23-12-10-22(11-13-23)18-6-4-5-7-19(18)27-2/h4-9,14H,10-13H2,1-3H3,(H,21,24). The lowest BCUT2D eigenvalue weighted by molar-refractivity contribution is 0.208. The second-order valence-electron chi connectivity index (χ2n) is 6.82. The zero-order valence-corrected chi connectivity index (χ0v) is 17.1. The van der Waals surface area contributed by atoms with Crippen LogP contribution in [0.3, 0.4) is 0 Å². The van der Waals surface area contributed by atoms with Crippen LogP contribution >= 0.6 is 0 Å². The van der Waals surface area contributed by atoms with Crippen molar-refractivity contribution in [1.29, 1.82) is 0 Å². The highest BCUT2D eigenvalue weighted by Gasteiger charge is 2.23. The average molecular weight is 404 g/mol. The molecule has 0 atom stereocenters. The summed E-state index contributed by atoms with van der Waals surface area (Å²) in [6.45, 7) is 4.34. The molecule has 1 N–H and O–H groups in total. The van der Waals surface area contributed by atoms with Crippen LogP contribution in [0.15, 0.2) is 47.4 Å². The maximum atomic E-state index is 12.7. The first-order valence-electron chi connectivity index (χ1n) is 9.04. The molecule has 150 valence electrons. The van der Waals surface area contributed by atoms with E-state index in [4.69, 9.17) is 4.74 Å². The van der Waals surface area contributed by atoms with Crippen molar-refractivity contribution in [2.45, 2.75) is 11.8 Å². The Bertz CT molecular complexity index is 967. The van der Waals surface area contributed by atoms with E-state index in [1.165, 1.54) is 6.07 Å². The Labute approximate surface area is 165 Å². The van der Waals surface area contributed by atoms with Crippen molar-refractivity contribution in [3.8, 4) is 5.75 Å². The second-order valence-corrected chi connectivity index (χ2v) is 8.84. The number of amides is 2. The molecule has 0 aromatic heterocycles. The van der Waals surface area contributed by atoms with Gasteiger partial charge in [-0.2, -0.15) is 0 Å². The van der Waals surface area contributed by atoms with E-state index in [0.29, 0.717) is 31.9 Å². The molecule has 1 fully saturated rings. The largest absolute Gasteiger partial charge is 0.495 e. The molecule has 0 bridgehead atoms. The van der Waals surface area contributed by atoms with Crippen molar-refractivity contribution in [3.05, 3.63) is 48.0 Å². The number of rotatable bonds is 4. The second kappa shape index (κ2) is 8.10. The summed E-state index contributed by atoms with van der Waals surface area (Å²) < 4.78 is 29.0. The normalized spacial score (nSPS) is 14.7. The number of para-hydroxylation sites is 2. The van der Waals surface area contributed by atoms with E-state index in [1.807, 2.05) is 31.2 Å². The maximum Gasteiger partial charge on any atom is 0.321 e. The minimum Gasteiger partial charge on any atom is -0.495 e. The Morgan fingerprint density at radius 2 is 1.75 bits per heavy atom. The van der Waals surface area contributed by atoms with E-state index in [2.05, 4.69) is 10.2 Å². The van der Waals surface area contributed by atoms with E-state index < -0.39 is 9.84 Å². The predicted molar refractivity (Wildman–Crippen MR) is 110 cm³/mol. The summed E-state index contributed by atoms with van der Waals surface area (Å²) in [5.41, 5.74) is 2.34. The van der Waals surface area contributed by atoms with E-state index in [9.17, 15) is 13.2 Å². The Morgan fingerprint density at radius 3 is 2.39 bits per heavy atom. The van der Waals surface area contributed by atoms with E-state index >= 15 is 0 Å². The molecule has 7 nitrogen and oxygen atoms in total. The third-order valence-electron chi connectivity index (χ3n) is 4.87. The molecular formula is C20H25N3O4S. The number of nitrogens with one attached hydrogen (secondary N) is 1. The lowest BCUT2D eigenvalue weighted by Gasteiger charge is -2.36. The van der Waals surface area contributed by atoms with Gasteiger partial charge in [0.05, 0.1) is 17.7 Å². The van der Waals surface area contributed by atoms with E-state index in [-0.39, 0.29) is 10.9 Å². The highest BCUT2D eigenvalue weighted by atomic mass is 32.2. The first-order valence-corrected chi connectivity index (χ1v) is 10.9. The highest BCUT2D eigenvalue weighted by Crippen LogP contribution is 2.28. The molecule has 28 heavy (non-hydrogen) atoms. The molecule has 1 aliphatic rings. The summed E-state index contributed by atoms with van der Waals surface area (Å²) in [5, 5.41) is 2.85. The summed E-state index contributed by atoms with van der Waals surface area (Å²) in [6.07, 6.45) is 1.15. The lowest BCUT2D eigenvalue weighted by Crippen LogP contribution is -2.50. The number of carbonyl (C=O) groups excluding carboxylic acids is 1. The van der Waals surface area contributed by atoms with Crippen LogP contribution in [0.5, 0.6) is 5.75 Å². The third kappa shape index (κ3) is 4.39. The molecule has 0 unspecified atom stereocenters. The minimum absolute atomic E-state index is 0.189. The van der Waals surface area contributed by atoms with Crippen molar-refractivity contribution < 1.29 is 17.9 Å². The van der Waals surface area contributed by atoms with Gasteiger partial charge in [-0.25, -0.2) is 13.2 Å². The number of ether oxygens (including phenoxy) is 1. The topological polar surface area (TPSA) is 79.0 Å². The number of aryl methyl sites for hydroxylation is 1. The Kier molecular flexibility index (Phi) is 5.79. The molecule has 0 aliphatic carbocycles. The van der Waals surface area contributed by atoms with Gasteiger partial charge in [0.25, 0.3) is 0 Å². The number of sulfone groups is 1. The van der Waals surface area contributed by atoms with Crippen LogP contribution in [0, 0.1) is 6.92 Å². The van der Waals surface area contributed by atoms with Crippen LogP contribution in [-0.2, 0) is 9.84 Å². The molecule has 1 aliphatic heterocycles. The maximum absolute atomic E-state index is 12.7. The molecule has 0 spiro atoms. The van der Waals surface area contributed by atoms with Gasteiger partial charge in [-0.15, -0.1) is 0 Å². The van der Waals surface area contributed by atoms with Gasteiger partial charge < -0.3 is 19.9 Å². The molecule has 2 aromatic rings. The van der Waals surface area contributed by atoms with Crippen molar-refractivity contribution in [2.75, 3.05) is 49.8 Å². The molecule has 3 rings (SSSR count). The van der Waals surface area contributed by atoms with E-state index in [0.717, 1.165) is 23.3 Å². The quantitative estimate of drug-likeness (QED) is 0.849. The number of benzene rings is 2. The Hall–Kier alpha value is -2.74. The van der Waals surface area contributed by atoms with Gasteiger partial charge in [-0.05, 0) is 36.8 Å². The van der Waals surface area contributed by atoms with Crippen molar-refractivity contribution in [2.24, 2.45) is 0 Å². The predicted octanol–water partition coefficient (Wildman–Crippen LogP) is 2.76. The van der Waals surface area contributed by atoms with Crippen molar-refractivity contribution in [1.82, 2.24) is 4.90 Å². The lowest BCUT2D eigenvalue weighted by atomic mass is 10.2. The number of urea groups is 1. The smallest absolute Gasteiger partial charge is 0.321 e. The molecular weight excluding hydrogens is 378 g/mol. The fourth-order valence-corrected chi connectivity index (χ4v) is 3.85. The van der Waals surface area contributed by atoms with Crippen LogP contribution in [0.4, 0.5) is 16.2 Å². The number of hydrogen-bond donors (Lipinski definition) is 1. The number of methoxy groups -OCH3 is 1. The van der Waals surface area contributed by atoms with Crippen LogP contribution in [0.2, 0.25) is 0 Å². The molecule has 1 saturated heterocycles. The number of anilines is 2. The first-order chi connectivity index (χ1) is 13.3. The monoisotopic (exact) mass is 403 g/mol. The van der Waals surface area contributed by atoms with Gasteiger partial charge in [-0.3, -0.25) is 0 Å². The van der Waals surface area contributed by atoms with Gasteiger partial charge >= 0.3 is 6.03 Å². The van der Waals surface area contributed by atoms with E-state index in [1.54, 1.807) is 24.1 Å². The van der Waals surface area contributed by atoms with Crippen LogP contribution in [0.1, 0.15) is 5.56 Å². The fraction of sp³-hybridized carbons (Fsp3) is 0.350. The van der Waals surface area contributed by atoms with Gasteiger partial charge in [0.1, 0.15) is 5.75 Å². The molecule has 0 radical (unpaired) electrons. The average Bonchev–Trinajstić information content (AvgIpc) is 2.68. The van der Waals surface area contributed by atoms with Gasteiger partial charge in [0, 0.05) is 38.1 Å². The summed E-state index contributed by atoms with van der Waals surface area (Å²) in [4.78, 5) is 16.8. The van der Waals surface area contributed by atoms with Crippen LogP contribution in [0.25, 0.3) is 0 Å². The van der Waals surface area contributed by atoms with Crippen LogP contribution < -0.4 is 15.0 Å². The highest BCUT2D eigenvalue weighted by molar-refractivity contribution is 7.90. The Morgan fingerprint density at radius 1 is 1.07 bits per heavy atom. The summed E-state index contributed by atoms with van der Waals surface area (Å²) in [6, 6.07) is 12.4. The molecule has 2 aromatic carbocycles. The fourth-order valence-electron chi connectivity index (χ4n) is 3.20. The Balaban J connectivity index is 1.66. The zero-order chi connectivity index (χ0) is 20.3. The number of piperazine rings is 1. The molecule has 8 heteroatoms. The summed E-state index contributed by atoms with van der Waals surface area (Å²) in [7, 11) is -1.68. The van der Waals surface area contributed by atoms with Crippen molar-refractivity contribution in [3.63, 3.8) is 0 Å². The molecule has 1 heterocycles. The van der Waals surface area contributed by atoms with Gasteiger partial charge in [0.15, 0.2) is 9.84 Å². The minimum atomic E-state index is -3.33. The van der Waals surface area contributed by atoms with Gasteiger partial charge in [-0.1, -0.05) is 18.2 Å². The van der Waals surface area contributed by atoms with Crippen molar-refractivity contribution >= 4 is 27.2 Å². The summed E-state index contributed by atoms with van der Waals surface area (Å²) in [5.74, 6) is 0.814. The number of hydrogen-bond acceptors (Lipinski definition) is 5. The zero-order valence-electron chi connectivity index (χ0n) is 16.3. The summed E-state index contributed by atoms with van der Waals surface area (Å²) >= 11 is 0. The van der Waals surface area contributed by atoms with Crippen LogP contribution in [-0.4, -0.2) is 58.9 Å². The molecule has 2 amide bonds. The van der Waals surface area contributed by atoms with Gasteiger partial charge in [0.2, 0.25) is 0 Å². The third-order valence-corrected chi connectivity index (χ3v) is 5.98. The number of nitrogens with zero attached hydrogens (tertiary/aromatic N) is 2. The first kappa shape index (κ1) is 20.0. The number of carbonyl (C=O) groups is 1.